The van der Waals surface area contributed by atoms with Crippen molar-refractivity contribution < 1.29 is 10.0 Å². The molecule has 4 rings (SSSR count). The highest BCUT2D eigenvalue weighted by Gasteiger charge is 2.46. The predicted molar refractivity (Wildman–Crippen MR) is 88.3 cm³/mol. The Bertz CT molecular complexity index is 599. The second kappa shape index (κ2) is 5.91. The maximum absolute atomic E-state index is 11.6. The van der Waals surface area contributed by atoms with Gasteiger partial charge in [0.25, 0.3) is 5.91 Å². The second-order valence-electron chi connectivity index (χ2n) is 7.77. The molecule has 124 valence electrons. The van der Waals surface area contributed by atoms with Gasteiger partial charge in [0.2, 0.25) is 0 Å². The van der Waals surface area contributed by atoms with Crippen LogP contribution in [0, 0.1) is 5.41 Å². The molecule has 1 aromatic rings. The van der Waals surface area contributed by atoms with E-state index in [9.17, 15) is 4.79 Å². The first kappa shape index (κ1) is 15.2. The number of fused-ring (bicyclic) bond motifs is 1. The van der Waals surface area contributed by atoms with E-state index in [2.05, 4.69) is 4.90 Å². The molecule has 0 radical (unpaired) electrons. The lowest BCUT2D eigenvalue weighted by Crippen LogP contribution is -2.52. The molecule has 1 heterocycles. The van der Waals surface area contributed by atoms with Crippen LogP contribution in [0.2, 0.25) is 0 Å². The smallest absolute Gasteiger partial charge is 0.274 e. The lowest BCUT2D eigenvalue weighted by atomic mass is 9.58. The Morgan fingerprint density at radius 3 is 2.70 bits per heavy atom. The van der Waals surface area contributed by atoms with Gasteiger partial charge >= 0.3 is 0 Å². The van der Waals surface area contributed by atoms with Crippen LogP contribution in [-0.4, -0.2) is 28.6 Å². The Morgan fingerprint density at radius 2 is 1.96 bits per heavy atom. The topological polar surface area (TPSA) is 52.6 Å². The van der Waals surface area contributed by atoms with E-state index in [-0.39, 0.29) is 0 Å². The van der Waals surface area contributed by atoms with Crippen LogP contribution in [0.4, 0.5) is 0 Å². The molecule has 0 saturated heterocycles. The van der Waals surface area contributed by atoms with Crippen molar-refractivity contribution in [2.45, 2.75) is 64.0 Å². The molecule has 2 saturated carbocycles. The van der Waals surface area contributed by atoms with Crippen molar-refractivity contribution >= 4 is 5.91 Å². The molecule has 2 N–H and O–H groups in total. The summed E-state index contributed by atoms with van der Waals surface area (Å²) in [6.45, 7) is 2.09. The fraction of sp³-hybridized carbons (Fsp3) is 0.632. The monoisotopic (exact) mass is 314 g/mol. The summed E-state index contributed by atoms with van der Waals surface area (Å²) in [5.41, 5.74) is 5.55. The largest absolute Gasteiger partial charge is 0.296 e. The molecule has 2 aliphatic carbocycles. The van der Waals surface area contributed by atoms with Crippen LogP contribution in [0.3, 0.4) is 0 Å². The SMILES string of the molecule is O=C(NO)c1ccc2c(c1)CN(C1CC3(CCCCC3)C1)CC2. The fourth-order valence-electron chi connectivity index (χ4n) is 5.00. The van der Waals surface area contributed by atoms with Gasteiger partial charge in [-0.25, -0.2) is 5.48 Å². The molecule has 1 amide bonds. The van der Waals surface area contributed by atoms with Gasteiger partial charge < -0.3 is 0 Å². The van der Waals surface area contributed by atoms with Crippen molar-refractivity contribution in [2.75, 3.05) is 6.54 Å². The maximum atomic E-state index is 11.6. The highest BCUT2D eigenvalue weighted by atomic mass is 16.5. The number of amides is 1. The van der Waals surface area contributed by atoms with Gasteiger partial charge in [-0.05, 0) is 60.8 Å². The van der Waals surface area contributed by atoms with E-state index in [1.807, 2.05) is 12.1 Å². The summed E-state index contributed by atoms with van der Waals surface area (Å²) in [4.78, 5) is 14.2. The zero-order valence-electron chi connectivity index (χ0n) is 13.7. The van der Waals surface area contributed by atoms with E-state index in [0.717, 1.165) is 25.6 Å². The van der Waals surface area contributed by atoms with E-state index in [1.165, 1.54) is 56.1 Å². The molecule has 3 aliphatic rings. The molecular weight excluding hydrogens is 288 g/mol. The minimum absolute atomic E-state index is 0.422. The minimum atomic E-state index is -0.422. The lowest BCUT2D eigenvalue weighted by Gasteiger charge is -2.54. The predicted octanol–water partition coefficient (Wildman–Crippen LogP) is 3.28. The molecule has 0 unspecified atom stereocenters. The summed E-state index contributed by atoms with van der Waals surface area (Å²) in [6.07, 6.45) is 11.0. The van der Waals surface area contributed by atoms with Crippen LogP contribution in [0.15, 0.2) is 18.2 Å². The third-order valence-electron chi connectivity index (χ3n) is 6.38. The highest BCUT2D eigenvalue weighted by molar-refractivity contribution is 5.93. The first-order valence-corrected chi connectivity index (χ1v) is 8.99. The Morgan fingerprint density at radius 1 is 1.17 bits per heavy atom. The average molecular weight is 314 g/mol. The molecule has 0 bridgehead atoms. The molecule has 1 spiro atoms. The van der Waals surface area contributed by atoms with Gasteiger partial charge in [-0.15, -0.1) is 0 Å². The van der Waals surface area contributed by atoms with Gasteiger partial charge in [0.1, 0.15) is 0 Å². The summed E-state index contributed by atoms with van der Waals surface area (Å²) in [5, 5.41) is 8.81. The number of benzene rings is 1. The summed E-state index contributed by atoms with van der Waals surface area (Å²) in [6, 6.07) is 6.53. The van der Waals surface area contributed by atoms with E-state index in [0.29, 0.717) is 11.0 Å². The van der Waals surface area contributed by atoms with Crippen molar-refractivity contribution in [3.8, 4) is 0 Å². The van der Waals surface area contributed by atoms with Crippen molar-refractivity contribution in [1.29, 1.82) is 0 Å². The van der Waals surface area contributed by atoms with Crippen LogP contribution in [0.1, 0.15) is 66.4 Å². The molecule has 0 atom stereocenters. The van der Waals surface area contributed by atoms with Gasteiger partial charge in [0.05, 0.1) is 0 Å². The Labute approximate surface area is 137 Å². The van der Waals surface area contributed by atoms with Crippen molar-refractivity contribution in [3.63, 3.8) is 0 Å². The molecule has 0 aromatic heterocycles. The van der Waals surface area contributed by atoms with Crippen LogP contribution >= 0.6 is 0 Å². The van der Waals surface area contributed by atoms with Crippen LogP contribution in [-0.2, 0) is 13.0 Å². The number of carbonyl (C=O) groups is 1. The van der Waals surface area contributed by atoms with E-state index in [4.69, 9.17) is 5.21 Å². The van der Waals surface area contributed by atoms with Crippen molar-refractivity contribution in [2.24, 2.45) is 5.41 Å². The quantitative estimate of drug-likeness (QED) is 0.650. The van der Waals surface area contributed by atoms with Gasteiger partial charge in [-0.3, -0.25) is 14.9 Å². The molecule has 1 aromatic carbocycles. The summed E-state index contributed by atoms with van der Waals surface area (Å²) < 4.78 is 0. The van der Waals surface area contributed by atoms with Gasteiger partial charge in [-0.2, -0.15) is 0 Å². The molecular formula is C19H26N2O2. The van der Waals surface area contributed by atoms with Crippen LogP contribution < -0.4 is 5.48 Å². The zero-order valence-corrected chi connectivity index (χ0v) is 13.7. The Hall–Kier alpha value is -1.39. The fourth-order valence-corrected chi connectivity index (χ4v) is 5.00. The number of hydroxylamine groups is 1. The average Bonchev–Trinajstić information content (AvgIpc) is 2.58. The molecule has 23 heavy (non-hydrogen) atoms. The molecule has 1 aliphatic heterocycles. The van der Waals surface area contributed by atoms with Gasteiger partial charge in [0, 0.05) is 24.7 Å². The number of nitrogens with one attached hydrogen (secondary N) is 1. The summed E-state index contributed by atoms with van der Waals surface area (Å²) in [5.74, 6) is -0.422. The molecule has 4 heteroatoms. The third kappa shape index (κ3) is 2.79. The number of carbonyl (C=O) groups excluding carboxylic acids is 1. The highest BCUT2D eigenvalue weighted by Crippen LogP contribution is 2.53. The zero-order chi connectivity index (χ0) is 15.9. The minimum Gasteiger partial charge on any atom is -0.296 e. The number of nitrogens with zero attached hydrogens (tertiary/aromatic N) is 1. The maximum Gasteiger partial charge on any atom is 0.274 e. The Kier molecular flexibility index (Phi) is 3.90. The van der Waals surface area contributed by atoms with Gasteiger partial charge in [0.15, 0.2) is 0 Å². The van der Waals surface area contributed by atoms with E-state index in [1.54, 1.807) is 11.5 Å². The molecule has 4 nitrogen and oxygen atoms in total. The third-order valence-corrected chi connectivity index (χ3v) is 6.38. The van der Waals surface area contributed by atoms with Gasteiger partial charge in [-0.1, -0.05) is 25.3 Å². The normalized spacial score (nSPS) is 24.0. The molecule has 2 fully saturated rings. The summed E-state index contributed by atoms with van der Waals surface area (Å²) in [7, 11) is 0. The number of rotatable bonds is 2. The lowest BCUT2D eigenvalue weighted by molar-refractivity contribution is -0.0307. The Balaban J connectivity index is 1.43. The van der Waals surface area contributed by atoms with E-state index < -0.39 is 5.91 Å². The standard InChI is InChI=1S/C19H26N2O2/c22-18(20-23)15-5-4-14-6-9-21(13-16(14)10-15)17-11-19(12-17)7-2-1-3-8-19/h4-5,10,17,23H,1-3,6-9,11-13H2,(H,20,22). The first-order chi connectivity index (χ1) is 11.2. The van der Waals surface area contributed by atoms with Crippen LogP contribution in [0.25, 0.3) is 0 Å². The number of hydrogen-bond donors (Lipinski definition) is 2. The first-order valence-electron chi connectivity index (χ1n) is 8.99. The van der Waals surface area contributed by atoms with Crippen molar-refractivity contribution in [3.05, 3.63) is 34.9 Å². The summed E-state index contributed by atoms with van der Waals surface area (Å²) >= 11 is 0. The second-order valence-corrected chi connectivity index (χ2v) is 7.77. The van der Waals surface area contributed by atoms with Crippen LogP contribution in [0.5, 0.6) is 0 Å². The van der Waals surface area contributed by atoms with E-state index >= 15 is 0 Å². The van der Waals surface area contributed by atoms with Crippen molar-refractivity contribution in [1.82, 2.24) is 10.4 Å². The number of hydrogen-bond acceptors (Lipinski definition) is 3.